The van der Waals surface area contributed by atoms with Crippen LogP contribution in [0.25, 0.3) is 10.6 Å². The molecule has 0 bridgehead atoms. The number of hydrogen-bond donors (Lipinski definition) is 1. The topological polar surface area (TPSA) is 51.2 Å². The molecule has 150 valence electrons. The first-order chi connectivity index (χ1) is 14.6. The van der Waals surface area contributed by atoms with Crippen molar-refractivity contribution in [3.8, 4) is 16.3 Å². The standard InChI is InChI=1S/C23H16F2N2O2S/c24-19-11-6-15(12-20(19)25)13-29-18-9-7-16(8-10-18)23-27-21(14-30-23)22(28)26-17-4-2-1-3-5-17/h1-12,14H,13H2,(H,26,28). The summed E-state index contributed by atoms with van der Waals surface area (Å²) in [6, 6.07) is 20.0. The van der Waals surface area contributed by atoms with Crippen LogP contribution < -0.4 is 10.1 Å². The van der Waals surface area contributed by atoms with Crippen molar-refractivity contribution in [3.63, 3.8) is 0 Å². The van der Waals surface area contributed by atoms with Crippen LogP contribution >= 0.6 is 11.3 Å². The third kappa shape index (κ3) is 4.69. The molecular formula is C23H16F2N2O2S. The fraction of sp³-hybridized carbons (Fsp3) is 0.0435. The molecule has 0 aliphatic rings. The molecule has 0 aliphatic carbocycles. The van der Waals surface area contributed by atoms with Crippen LogP contribution in [0.1, 0.15) is 16.1 Å². The van der Waals surface area contributed by atoms with Gasteiger partial charge in [0, 0.05) is 16.6 Å². The highest BCUT2D eigenvalue weighted by atomic mass is 32.1. The molecule has 1 N–H and O–H groups in total. The summed E-state index contributed by atoms with van der Waals surface area (Å²) in [7, 11) is 0. The molecule has 0 radical (unpaired) electrons. The molecule has 3 aromatic carbocycles. The highest BCUT2D eigenvalue weighted by Gasteiger charge is 2.12. The summed E-state index contributed by atoms with van der Waals surface area (Å²) < 4.78 is 31.9. The molecule has 4 rings (SSSR count). The summed E-state index contributed by atoms with van der Waals surface area (Å²) in [5, 5.41) is 5.22. The Morgan fingerprint density at radius 2 is 1.73 bits per heavy atom. The summed E-state index contributed by atoms with van der Waals surface area (Å²) >= 11 is 1.37. The van der Waals surface area contributed by atoms with Gasteiger partial charge >= 0.3 is 0 Å². The molecule has 1 heterocycles. The number of para-hydroxylation sites is 1. The number of ether oxygens (including phenoxy) is 1. The zero-order valence-corrected chi connectivity index (χ0v) is 16.5. The number of carbonyl (C=O) groups excluding carboxylic acids is 1. The van der Waals surface area contributed by atoms with E-state index in [2.05, 4.69) is 10.3 Å². The Morgan fingerprint density at radius 1 is 0.967 bits per heavy atom. The average molecular weight is 422 g/mol. The molecule has 0 spiro atoms. The van der Waals surface area contributed by atoms with E-state index in [0.29, 0.717) is 27.7 Å². The Hall–Kier alpha value is -3.58. The van der Waals surface area contributed by atoms with Crippen molar-refractivity contribution in [3.05, 3.63) is 101 Å². The summed E-state index contributed by atoms with van der Waals surface area (Å²) in [5.74, 6) is -1.47. The second-order valence-corrected chi connectivity index (χ2v) is 7.28. The van der Waals surface area contributed by atoms with Crippen LogP contribution in [-0.2, 0) is 6.61 Å². The summed E-state index contributed by atoms with van der Waals surface area (Å²) in [6.07, 6.45) is 0. The van der Waals surface area contributed by atoms with E-state index in [1.807, 2.05) is 42.5 Å². The fourth-order valence-electron chi connectivity index (χ4n) is 2.72. The van der Waals surface area contributed by atoms with E-state index in [1.165, 1.54) is 17.4 Å². The lowest BCUT2D eigenvalue weighted by atomic mass is 10.2. The highest BCUT2D eigenvalue weighted by Crippen LogP contribution is 2.26. The number of thiazole rings is 1. The van der Waals surface area contributed by atoms with Gasteiger partial charge in [-0.2, -0.15) is 0 Å². The second kappa shape index (κ2) is 8.84. The maximum absolute atomic E-state index is 13.3. The quantitative estimate of drug-likeness (QED) is 0.420. The van der Waals surface area contributed by atoms with Crippen molar-refractivity contribution in [2.24, 2.45) is 0 Å². The van der Waals surface area contributed by atoms with E-state index in [1.54, 1.807) is 17.5 Å². The van der Waals surface area contributed by atoms with Crippen molar-refractivity contribution in [2.45, 2.75) is 6.61 Å². The van der Waals surface area contributed by atoms with Crippen LogP contribution in [0.15, 0.2) is 78.2 Å². The zero-order valence-electron chi connectivity index (χ0n) is 15.6. The van der Waals surface area contributed by atoms with Crippen molar-refractivity contribution in [1.29, 1.82) is 0 Å². The number of nitrogens with one attached hydrogen (secondary N) is 1. The molecule has 0 atom stereocenters. The van der Waals surface area contributed by atoms with Crippen molar-refractivity contribution in [2.75, 3.05) is 5.32 Å². The summed E-state index contributed by atoms with van der Waals surface area (Å²) in [4.78, 5) is 16.7. The molecule has 4 nitrogen and oxygen atoms in total. The average Bonchev–Trinajstić information content (AvgIpc) is 3.26. The molecule has 7 heteroatoms. The van der Waals surface area contributed by atoms with Gasteiger partial charge in [-0.25, -0.2) is 13.8 Å². The van der Waals surface area contributed by atoms with Gasteiger partial charge in [-0.3, -0.25) is 4.79 Å². The largest absolute Gasteiger partial charge is 0.489 e. The fourth-order valence-corrected chi connectivity index (χ4v) is 3.52. The van der Waals surface area contributed by atoms with Gasteiger partial charge in [0.15, 0.2) is 11.6 Å². The minimum absolute atomic E-state index is 0.123. The molecular weight excluding hydrogens is 406 g/mol. The van der Waals surface area contributed by atoms with Crippen LogP contribution in [0.4, 0.5) is 14.5 Å². The van der Waals surface area contributed by atoms with Gasteiger partial charge in [0.25, 0.3) is 5.91 Å². The minimum Gasteiger partial charge on any atom is -0.489 e. The molecule has 0 saturated heterocycles. The van der Waals surface area contributed by atoms with Gasteiger partial charge in [0.1, 0.15) is 23.1 Å². The van der Waals surface area contributed by atoms with Crippen LogP contribution in [-0.4, -0.2) is 10.9 Å². The molecule has 4 aromatic rings. The van der Waals surface area contributed by atoms with E-state index in [0.717, 1.165) is 17.7 Å². The summed E-state index contributed by atoms with van der Waals surface area (Å²) in [5.41, 5.74) is 2.43. The number of hydrogen-bond acceptors (Lipinski definition) is 4. The summed E-state index contributed by atoms with van der Waals surface area (Å²) in [6.45, 7) is 0.123. The van der Waals surface area contributed by atoms with Crippen LogP contribution in [0.5, 0.6) is 5.75 Å². The molecule has 0 fully saturated rings. The third-order valence-electron chi connectivity index (χ3n) is 4.26. The highest BCUT2D eigenvalue weighted by molar-refractivity contribution is 7.13. The third-order valence-corrected chi connectivity index (χ3v) is 5.15. The number of halogens is 2. The monoisotopic (exact) mass is 422 g/mol. The number of anilines is 1. The van der Waals surface area contributed by atoms with Crippen LogP contribution in [0, 0.1) is 11.6 Å². The van der Waals surface area contributed by atoms with Crippen LogP contribution in [0.3, 0.4) is 0 Å². The molecule has 0 unspecified atom stereocenters. The SMILES string of the molecule is O=C(Nc1ccccc1)c1csc(-c2ccc(OCc3ccc(F)c(F)c3)cc2)n1. The van der Waals surface area contributed by atoms with E-state index in [4.69, 9.17) is 4.74 Å². The number of benzene rings is 3. The lowest BCUT2D eigenvalue weighted by molar-refractivity contribution is 0.102. The first-order valence-electron chi connectivity index (χ1n) is 9.07. The van der Waals surface area contributed by atoms with Gasteiger partial charge in [0.05, 0.1) is 0 Å². The predicted molar refractivity (Wildman–Crippen MR) is 113 cm³/mol. The van der Waals surface area contributed by atoms with Gasteiger partial charge < -0.3 is 10.1 Å². The Labute approximate surface area is 175 Å². The zero-order chi connectivity index (χ0) is 20.9. The normalized spacial score (nSPS) is 10.6. The number of rotatable bonds is 6. The molecule has 1 aromatic heterocycles. The van der Waals surface area contributed by atoms with Crippen molar-refractivity contribution >= 4 is 22.9 Å². The van der Waals surface area contributed by atoms with Gasteiger partial charge in [-0.15, -0.1) is 11.3 Å². The van der Waals surface area contributed by atoms with E-state index >= 15 is 0 Å². The minimum atomic E-state index is -0.901. The Balaban J connectivity index is 1.39. The van der Waals surface area contributed by atoms with E-state index < -0.39 is 11.6 Å². The molecule has 1 amide bonds. The number of carbonyl (C=O) groups is 1. The van der Waals surface area contributed by atoms with Crippen LogP contribution in [0.2, 0.25) is 0 Å². The number of amides is 1. The molecule has 0 aliphatic heterocycles. The van der Waals surface area contributed by atoms with E-state index in [-0.39, 0.29) is 12.5 Å². The van der Waals surface area contributed by atoms with Gasteiger partial charge in [-0.1, -0.05) is 24.3 Å². The lowest BCUT2D eigenvalue weighted by Crippen LogP contribution is -2.12. The van der Waals surface area contributed by atoms with Crippen molar-refractivity contribution in [1.82, 2.24) is 4.98 Å². The van der Waals surface area contributed by atoms with E-state index in [9.17, 15) is 13.6 Å². The Bertz CT molecular complexity index is 1160. The first-order valence-corrected chi connectivity index (χ1v) is 9.95. The van der Waals surface area contributed by atoms with Gasteiger partial charge in [-0.05, 0) is 54.1 Å². The number of aromatic nitrogens is 1. The van der Waals surface area contributed by atoms with Gasteiger partial charge in [0.2, 0.25) is 0 Å². The predicted octanol–water partition coefficient (Wildman–Crippen LogP) is 5.92. The Kier molecular flexibility index (Phi) is 5.81. The maximum atomic E-state index is 13.3. The van der Waals surface area contributed by atoms with Crippen molar-refractivity contribution < 1.29 is 18.3 Å². The smallest absolute Gasteiger partial charge is 0.275 e. The molecule has 0 saturated carbocycles. The Morgan fingerprint density at radius 3 is 2.47 bits per heavy atom. The lowest BCUT2D eigenvalue weighted by Gasteiger charge is -2.07. The second-order valence-electron chi connectivity index (χ2n) is 6.42. The number of nitrogens with zero attached hydrogens (tertiary/aromatic N) is 1. The maximum Gasteiger partial charge on any atom is 0.275 e. The first kappa shape index (κ1) is 19.7. The molecule has 30 heavy (non-hydrogen) atoms.